The standard InChI is InChI=1S/C12H10ClNO.ClH/c13-11-5-3-9(4-6-11)12-10(8-15)2-1-7-14-12;/h1-7,15H,8H2;1H. The monoisotopic (exact) mass is 255 g/mol. The molecule has 2 rings (SSSR count). The fourth-order valence-corrected chi connectivity index (χ4v) is 1.56. The van der Waals surface area contributed by atoms with Crippen LogP contribution in [0.25, 0.3) is 11.3 Å². The van der Waals surface area contributed by atoms with Crippen LogP contribution in [0.15, 0.2) is 42.6 Å². The molecule has 0 saturated carbocycles. The van der Waals surface area contributed by atoms with Crippen molar-refractivity contribution in [2.45, 2.75) is 6.61 Å². The van der Waals surface area contributed by atoms with Crippen LogP contribution in [0.1, 0.15) is 5.56 Å². The number of hydrogen-bond acceptors (Lipinski definition) is 2. The van der Waals surface area contributed by atoms with Gasteiger partial charge in [0.25, 0.3) is 0 Å². The van der Waals surface area contributed by atoms with E-state index in [0.717, 1.165) is 16.8 Å². The maximum absolute atomic E-state index is 9.17. The molecule has 1 heterocycles. The molecule has 16 heavy (non-hydrogen) atoms. The highest BCUT2D eigenvalue weighted by molar-refractivity contribution is 6.30. The summed E-state index contributed by atoms with van der Waals surface area (Å²) in [6.45, 7) is -0.00814. The molecule has 0 fully saturated rings. The summed E-state index contributed by atoms with van der Waals surface area (Å²) in [6.07, 6.45) is 1.71. The molecule has 2 nitrogen and oxygen atoms in total. The minimum atomic E-state index is -0.00814. The number of aliphatic hydroxyl groups is 1. The van der Waals surface area contributed by atoms with E-state index < -0.39 is 0 Å². The fourth-order valence-electron chi connectivity index (χ4n) is 1.43. The minimum Gasteiger partial charge on any atom is -0.392 e. The van der Waals surface area contributed by atoms with Crippen molar-refractivity contribution in [3.05, 3.63) is 53.2 Å². The summed E-state index contributed by atoms with van der Waals surface area (Å²) in [4.78, 5) is 4.25. The summed E-state index contributed by atoms with van der Waals surface area (Å²) in [7, 11) is 0. The number of aliphatic hydroxyl groups excluding tert-OH is 1. The van der Waals surface area contributed by atoms with Crippen LogP contribution in [0.5, 0.6) is 0 Å². The van der Waals surface area contributed by atoms with Crippen LogP contribution in [0, 0.1) is 0 Å². The summed E-state index contributed by atoms with van der Waals surface area (Å²) < 4.78 is 0. The molecule has 0 atom stereocenters. The summed E-state index contributed by atoms with van der Waals surface area (Å²) in [5.41, 5.74) is 2.58. The first kappa shape index (κ1) is 13.0. The Labute approximate surface area is 105 Å². The van der Waals surface area contributed by atoms with Gasteiger partial charge in [-0.3, -0.25) is 4.98 Å². The zero-order chi connectivity index (χ0) is 10.7. The maximum atomic E-state index is 9.17. The SMILES string of the molecule is Cl.OCc1cccnc1-c1ccc(Cl)cc1. The molecular formula is C12H11Cl2NO. The van der Waals surface area contributed by atoms with Gasteiger partial charge in [-0.05, 0) is 18.2 Å². The van der Waals surface area contributed by atoms with Crippen molar-refractivity contribution in [1.82, 2.24) is 4.98 Å². The van der Waals surface area contributed by atoms with Gasteiger partial charge in [0.05, 0.1) is 12.3 Å². The molecule has 2 aromatic rings. The van der Waals surface area contributed by atoms with E-state index >= 15 is 0 Å². The number of pyridine rings is 1. The van der Waals surface area contributed by atoms with Gasteiger partial charge in [-0.15, -0.1) is 12.4 Å². The van der Waals surface area contributed by atoms with Crippen molar-refractivity contribution in [2.75, 3.05) is 0 Å². The van der Waals surface area contributed by atoms with Gasteiger partial charge in [-0.25, -0.2) is 0 Å². The van der Waals surface area contributed by atoms with Gasteiger partial charge < -0.3 is 5.11 Å². The Morgan fingerprint density at radius 3 is 2.44 bits per heavy atom. The lowest BCUT2D eigenvalue weighted by molar-refractivity contribution is 0.282. The Morgan fingerprint density at radius 2 is 1.81 bits per heavy atom. The van der Waals surface area contributed by atoms with Crippen molar-refractivity contribution >= 4 is 24.0 Å². The molecule has 1 N–H and O–H groups in total. The molecule has 0 aliphatic carbocycles. The van der Waals surface area contributed by atoms with E-state index in [9.17, 15) is 0 Å². The first-order valence-electron chi connectivity index (χ1n) is 4.62. The van der Waals surface area contributed by atoms with Crippen LogP contribution in [0.4, 0.5) is 0 Å². The Kier molecular flexibility index (Phi) is 4.74. The molecule has 1 aromatic carbocycles. The number of benzene rings is 1. The molecule has 0 radical (unpaired) electrons. The Morgan fingerprint density at radius 1 is 1.12 bits per heavy atom. The van der Waals surface area contributed by atoms with Gasteiger partial charge in [-0.2, -0.15) is 0 Å². The summed E-state index contributed by atoms with van der Waals surface area (Å²) in [6, 6.07) is 11.1. The van der Waals surface area contributed by atoms with Crippen LogP contribution < -0.4 is 0 Å². The van der Waals surface area contributed by atoms with Crippen molar-refractivity contribution in [3.63, 3.8) is 0 Å². The normalized spacial score (nSPS) is 9.62. The summed E-state index contributed by atoms with van der Waals surface area (Å²) in [5.74, 6) is 0. The Hall–Kier alpha value is -1.09. The van der Waals surface area contributed by atoms with E-state index in [1.807, 2.05) is 36.4 Å². The fraction of sp³-hybridized carbons (Fsp3) is 0.0833. The third-order valence-electron chi connectivity index (χ3n) is 2.18. The molecule has 0 spiro atoms. The number of halogens is 2. The average Bonchev–Trinajstić information content (AvgIpc) is 2.30. The number of rotatable bonds is 2. The first-order valence-corrected chi connectivity index (χ1v) is 5.00. The molecule has 0 saturated heterocycles. The van der Waals surface area contributed by atoms with Crippen molar-refractivity contribution in [2.24, 2.45) is 0 Å². The highest BCUT2D eigenvalue weighted by atomic mass is 35.5. The second-order valence-corrected chi connectivity index (χ2v) is 3.61. The smallest absolute Gasteiger partial charge is 0.0757 e. The second-order valence-electron chi connectivity index (χ2n) is 3.18. The second kappa shape index (κ2) is 5.85. The molecule has 0 aliphatic heterocycles. The van der Waals surface area contributed by atoms with Crippen molar-refractivity contribution < 1.29 is 5.11 Å². The van der Waals surface area contributed by atoms with Gasteiger partial charge in [0.2, 0.25) is 0 Å². The maximum Gasteiger partial charge on any atom is 0.0757 e. The molecule has 1 aromatic heterocycles. The third kappa shape index (κ3) is 2.73. The molecule has 0 amide bonds. The Balaban J connectivity index is 0.00000128. The minimum absolute atomic E-state index is 0. The van der Waals surface area contributed by atoms with E-state index in [2.05, 4.69) is 4.98 Å². The van der Waals surface area contributed by atoms with E-state index in [0.29, 0.717) is 5.02 Å². The van der Waals surface area contributed by atoms with Gasteiger partial charge in [0.15, 0.2) is 0 Å². The summed E-state index contributed by atoms with van der Waals surface area (Å²) in [5, 5.41) is 9.86. The molecule has 0 aliphatic rings. The third-order valence-corrected chi connectivity index (χ3v) is 2.43. The van der Waals surface area contributed by atoms with Gasteiger partial charge in [-0.1, -0.05) is 29.8 Å². The van der Waals surface area contributed by atoms with E-state index in [1.54, 1.807) is 6.20 Å². The highest BCUT2D eigenvalue weighted by Gasteiger charge is 2.04. The topological polar surface area (TPSA) is 33.1 Å². The molecule has 84 valence electrons. The molecule has 4 heteroatoms. The molecular weight excluding hydrogens is 245 g/mol. The lowest BCUT2D eigenvalue weighted by Gasteiger charge is -2.05. The predicted octanol–water partition coefficient (Wildman–Crippen LogP) is 3.32. The largest absolute Gasteiger partial charge is 0.392 e. The zero-order valence-corrected chi connectivity index (χ0v) is 10.0. The van der Waals surface area contributed by atoms with Crippen LogP contribution in [0.3, 0.4) is 0 Å². The van der Waals surface area contributed by atoms with Gasteiger partial charge >= 0.3 is 0 Å². The molecule has 0 unspecified atom stereocenters. The Bertz CT molecular complexity index is 457. The lowest BCUT2D eigenvalue weighted by Crippen LogP contribution is -1.91. The molecule has 0 bridgehead atoms. The van der Waals surface area contributed by atoms with E-state index in [4.69, 9.17) is 16.7 Å². The quantitative estimate of drug-likeness (QED) is 0.894. The van der Waals surface area contributed by atoms with Crippen molar-refractivity contribution in [1.29, 1.82) is 0 Å². The number of hydrogen-bond donors (Lipinski definition) is 1. The highest BCUT2D eigenvalue weighted by Crippen LogP contribution is 2.22. The lowest BCUT2D eigenvalue weighted by atomic mass is 10.1. The zero-order valence-electron chi connectivity index (χ0n) is 8.43. The number of nitrogens with zero attached hydrogens (tertiary/aromatic N) is 1. The van der Waals surface area contributed by atoms with Gasteiger partial charge in [0.1, 0.15) is 0 Å². The number of aromatic nitrogens is 1. The van der Waals surface area contributed by atoms with Crippen LogP contribution in [0.2, 0.25) is 5.02 Å². The van der Waals surface area contributed by atoms with Crippen LogP contribution >= 0.6 is 24.0 Å². The van der Waals surface area contributed by atoms with E-state index in [1.165, 1.54) is 0 Å². The average molecular weight is 256 g/mol. The van der Waals surface area contributed by atoms with E-state index in [-0.39, 0.29) is 19.0 Å². The van der Waals surface area contributed by atoms with Crippen molar-refractivity contribution in [3.8, 4) is 11.3 Å². The summed E-state index contributed by atoms with van der Waals surface area (Å²) >= 11 is 5.80. The van der Waals surface area contributed by atoms with Crippen LogP contribution in [-0.2, 0) is 6.61 Å². The first-order chi connectivity index (χ1) is 7.31. The van der Waals surface area contributed by atoms with Crippen LogP contribution in [-0.4, -0.2) is 10.1 Å². The predicted molar refractivity (Wildman–Crippen MR) is 67.9 cm³/mol. The van der Waals surface area contributed by atoms with Gasteiger partial charge in [0, 0.05) is 22.3 Å².